The van der Waals surface area contributed by atoms with E-state index in [0.29, 0.717) is 17.9 Å². The van der Waals surface area contributed by atoms with Crippen molar-refractivity contribution < 1.29 is 23.9 Å². The van der Waals surface area contributed by atoms with Crippen LogP contribution in [0.1, 0.15) is 104 Å². The second-order valence-electron chi connectivity index (χ2n) is 13.0. The molecule has 4 amide bonds. The van der Waals surface area contributed by atoms with Crippen LogP contribution in [-0.2, 0) is 19.1 Å². The number of ether oxygens (including phenoxy) is 1. The number of benzene rings is 1. The van der Waals surface area contributed by atoms with Crippen LogP contribution in [0.25, 0.3) is 0 Å². The van der Waals surface area contributed by atoms with E-state index in [4.69, 9.17) is 10.5 Å². The molecule has 0 aliphatic carbocycles. The Hall–Kier alpha value is -3.10. The molecule has 0 radical (unpaired) electrons. The van der Waals surface area contributed by atoms with E-state index < -0.39 is 53.6 Å². The molecule has 0 saturated carbocycles. The minimum Gasteiger partial charge on any atom is -0.444 e. The van der Waals surface area contributed by atoms with Crippen molar-refractivity contribution in [2.75, 3.05) is 0 Å². The maximum Gasteiger partial charge on any atom is 0.408 e. The lowest BCUT2D eigenvalue weighted by molar-refractivity contribution is -0.146. The molecular weight excluding hydrogens is 496 g/mol. The molecule has 9 heteroatoms. The fourth-order valence-electron chi connectivity index (χ4n) is 4.39. The van der Waals surface area contributed by atoms with E-state index in [-0.39, 0.29) is 5.91 Å². The third kappa shape index (κ3) is 12.1. The maximum absolute atomic E-state index is 14.3. The summed E-state index contributed by atoms with van der Waals surface area (Å²) in [5.41, 5.74) is 6.66. The summed E-state index contributed by atoms with van der Waals surface area (Å²) in [6, 6.07) is 3.06. The van der Waals surface area contributed by atoms with Crippen molar-refractivity contribution in [3.8, 4) is 0 Å². The van der Waals surface area contributed by atoms with Crippen LogP contribution in [0.5, 0.6) is 0 Å². The minimum absolute atomic E-state index is 0.354. The van der Waals surface area contributed by atoms with E-state index in [9.17, 15) is 19.2 Å². The largest absolute Gasteiger partial charge is 0.444 e. The molecule has 0 heterocycles. The van der Waals surface area contributed by atoms with Gasteiger partial charge in [-0.3, -0.25) is 14.4 Å². The fraction of sp³-hybridized carbons (Fsp3) is 0.667. The number of hydrogen-bond donors (Lipinski definition) is 3. The first-order valence-corrected chi connectivity index (χ1v) is 13.7. The van der Waals surface area contributed by atoms with Crippen molar-refractivity contribution in [1.29, 1.82) is 0 Å². The first kappa shape index (κ1) is 33.9. The smallest absolute Gasteiger partial charge is 0.408 e. The Bertz CT molecular complexity index is 1000. The molecule has 1 aromatic rings. The van der Waals surface area contributed by atoms with Gasteiger partial charge in [-0.15, -0.1) is 0 Å². The molecule has 3 unspecified atom stereocenters. The summed E-state index contributed by atoms with van der Waals surface area (Å²) in [5, 5.41) is 5.56. The number of carbonyl (C=O) groups excluding carboxylic acids is 4. The lowest BCUT2D eigenvalue weighted by Gasteiger charge is -2.40. The molecule has 0 aliphatic rings. The van der Waals surface area contributed by atoms with E-state index >= 15 is 0 Å². The lowest BCUT2D eigenvalue weighted by atomic mass is 9.94. The molecule has 3 atom stereocenters. The standard InChI is InChI=1S/C30H50N4O5/c1-18(2)12-13-21(5)34(27(37)23(17-24(31)35)32-28(38)39-30(9,10)11)25(26(36)33-29(6,7)8)22-15-19(3)14-20(4)16-22/h14-16,18,21,23,25H,12-13,17H2,1-11H3,(H2,31,35)(H,32,38)(H,33,36). The Morgan fingerprint density at radius 2 is 1.46 bits per heavy atom. The number of nitrogens with one attached hydrogen (secondary N) is 2. The zero-order valence-corrected chi connectivity index (χ0v) is 25.7. The van der Waals surface area contributed by atoms with E-state index in [1.54, 1.807) is 20.8 Å². The van der Waals surface area contributed by atoms with E-state index in [0.717, 1.165) is 17.5 Å². The van der Waals surface area contributed by atoms with Gasteiger partial charge >= 0.3 is 6.09 Å². The van der Waals surface area contributed by atoms with Crippen molar-refractivity contribution in [2.24, 2.45) is 11.7 Å². The summed E-state index contributed by atoms with van der Waals surface area (Å²) in [7, 11) is 0. The van der Waals surface area contributed by atoms with Crippen LogP contribution >= 0.6 is 0 Å². The van der Waals surface area contributed by atoms with Gasteiger partial charge < -0.3 is 26.0 Å². The molecule has 0 aromatic heterocycles. The van der Waals surface area contributed by atoms with Gasteiger partial charge in [0.15, 0.2) is 0 Å². The van der Waals surface area contributed by atoms with Crippen LogP contribution < -0.4 is 16.4 Å². The van der Waals surface area contributed by atoms with Crippen LogP contribution in [-0.4, -0.2) is 51.9 Å². The van der Waals surface area contributed by atoms with E-state index in [1.165, 1.54) is 4.90 Å². The minimum atomic E-state index is -1.31. The van der Waals surface area contributed by atoms with Crippen molar-refractivity contribution in [2.45, 2.75) is 125 Å². The van der Waals surface area contributed by atoms with Gasteiger partial charge in [0.1, 0.15) is 17.7 Å². The molecule has 0 spiro atoms. The molecular formula is C30H50N4O5. The highest BCUT2D eigenvalue weighted by atomic mass is 16.6. The number of primary amides is 1. The number of rotatable bonds is 11. The van der Waals surface area contributed by atoms with Gasteiger partial charge in [0.05, 0.1) is 6.42 Å². The van der Waals surface area contributed by atoms with Crippen LogP contribution in [0.4, 0.5) is 4.79 Å². The zero-order chi connectivity index (χ0) is 30.3. The summed E-state index contributed by atoms with van der Waals surface area (Å²) in [6.07, 6.45) is 0.138. The van der Waals surface area contributed by atoms with Gasteiger partial charge in [0.25, 0.3) is 0 Å². The molecule has 4 N–H and O–H groups in total. The van der Waals surface area contributed by atoms with Gasteiger partial charge in [0, 0.05) is 11.6 Å². The summed E-state index contributed by atoms with van der Waals surface area (Å²) >= 11 is 0. The number of nitrogens with zero attached hydrogens (tertiary/aromatic N) is 1. The Balaban J connectivity index is 3.74. The average molecular weight is 547 g/mol. The van der Waals surface area contributed by atoms with Gasteiger partial charge in [-0.25, -0.2) is 4.79 Å². The second-order valence-corrected chi connectivity index (χ2v) is 13.0. The Morgan fingerprint density at radius 1 is 0.923 bits per heavy atom. The van der Waals surface area contributed by atoms with Gasteiger partial charge in [-0.1, -0.05) is 43.2 Å². The quantitative estimate of drug-likeness (QED) is 0.371. The SMILES string of the molecule is Cc1cc(C)cc(C(C(=O)NC(C)(C)C)N(C(=O)C(CC(N)=O)NC(=O)OC(C)(C)C)C(C)CCC(C)C)c1. The van der Waals surface area contributed by atoms with Crippen LogP contribution in [0.2, 0.25) is 0 Å². The number of nitrogens with two attached hydrogens (primary N) is 1. The summed E-state index contributed by atoms with van der Waals surface area (Å²) < 4.78 is 5.36. The summed E-state index contributed by atoms with van der Waals surface area (Å²) in [5.74, 6) is -1.33. The predicted molar refractivity (Wildman–Crippen MR) is 154 cm³/mol. The summed E-state index contributed by atoms with van der Waals surface area (Å²) in [4.78, 5) is 54.4. The molecule has 0 aliphatic heterocycles. The Labute approximate surface area is 234 Å². The number of amides is 4. The van der Waals surface area contributed by atoms with Crippen molar-refractivity contribution >= 4 is 23.8 Å². The first-order chi connectivity index (χ1) is 17.7. The molecule has 1 aromatic carbocycles. The highest BCUT2D eigenvalue weighted by molar-refractivity contribution is 5.95. The Morgan fingerprint density at radius 3 is 1.90 bits per heavy atom. The van der Waals surface area contributed by atoms with Crippen molar-refractivity contribution in [3.05, 3.63) is 34.9 Å². The van der Waals surface area contributed by atoms with Crippen LogP contribution in [0.3, 0.4) is 0 Å². The van der Waals surface area contributed by atoms with Crippen molar-refractivity contribution in [1.82, 2.24) is 15.5 Å². The fourth-order valence-corrected chi connectivity index (χ4v) is 4.39. The molecule has 1 rings (SSSR count). The van der Waals surface area contributed by atoms with E-state index in [1.807, 2.05) is 59.7 Å². The normalized spacial score (nSPS) is 14.3. The molecule has 0 fully saturated rings. The maximum atomic E-state index is 14.3. The molecule has 0 bridgehead atoms. The molecule has 39 heavy (non-hydrogen) atoms. The number of carbonyl (C=O) groups is 4. The topological polar surface area (TPSA) is 131 Å². The number of hydrogen-bond acceptors (Lipinski definition) is 5. The number of alkyl carbamates (subject to hydrolysis) is 1. The number of aryl methyl sites for hydroxylation is 2. The Kier molecular flexibility index (Phi) is 12.0. The van der Waals surface area contributed by atoms with Crippen LogP contribution in [0, 0.1) is 19.8 Å². The highest BCUT2D eigenvalue weighted by Crippen LogP contribution is 2.30. The average Bonchev–Trinajstić information content (AvgIpc) is 2.70. The lowest BCUT2D eigenvalue weighted by Crippen LogP contribution is -2.57. The zero-order valence-electron chi connectivity index (χ0n) is 25.7. The molecule has 220 valence electrons. The first-order valence-electron chi connectivity index (χ1n) is 13.7. The highest BCUT2D eigenvalue weighted by Gasteiger charge is 2.40. The monoisotopic (exact) mass is 546 g/mol. The second kappa shape index (κ2) is 13.8. The van der Waals surface area contributed by atoms with Crippen molar-refractivity contribution in [3.63, 3.8) is 0 Å². The van der Waals surface area contributed by atoms with Gasteiger partial charge in [0.2, 0.25) is 17.7 Å². The van der Waals surface area contributed by atoms with Gasteiger partial charge in [-0.2, -0.15) is 0 Å². The molecule has 9 nitrogen and oxygen atoms in total. The summed E-state index contributed by atoms with van der Waals surface area (Å²) in [6.45, 7) is 20.6. The van der Waals surface area contributed by atoms with E-state index in [2.05, 4.69) is 24.5 Å². The molecule has 0 saturated heterocycles. The third-order valence-electron chi connectivity index (χ3n) is 5.87. The van der Waals surface area contributed by atoms with Gasteiger partial charge in [-0.05, 0) is 86.6 Å². The van der Waals surface area contributed by atoms with Crippen LogP contribution in [0.15, 0.2) is 18.2 Å². The predicted octanol–water partition coefficient (Wildman–Crippen LogP) is 4.68. The third-order valence-corrected chi connectivity index (χ3v) is 5.87.